The molecule has 1 aliphatic carbocycles. The van der Waals surface area contributed by atoms with Gasteiger partial charge in [0, 0.05) is 30.7 Å². The Morgan fingerprint density at radius 3 is 2.61 bits per heavy atom. The van der Waals surface area contributed by atoms with Gasteiger partial charge >= 0.3 is 12.1 Å². The molecule has 1 saturated carbocycles. The molecule has 31 heavy (non-hydrogen) atoms. The van der Waals surface area contributed by atoms with Crippen LogP contribution in [0.2, 0.25) is 0 Å². The van der Waals surface area contributed by atoms with Gasteiger partial charge in [0.15, 0.2) is 0 Å². The molecular formula is C20H25F3N4O3S. The number of nitrogens with one attached hydrogen (secondary N) is 1. The summed E-state index contributed by atoms with van der Waals surface area (Å²) in [6.07, 6.45) is 1.38. The van der Waals surface area contributed by atoms with E-state index in [2.05, 4.69) is 32.1 Å². The summed E-state index contributed by atoms with van der Waals surface area (Å²) in [5.41, 5.74) is 1.23. The van der Waals surface area contributed by atoms with Crippen LogP contribution in [0.3, 0.4) is 0 Å². The second-order valence-electron chi connectivity index (χ2n) is 7.78. The van der Waals surface area contributed by atoms with Crippen LogP contribution in [0.5, 0.6) is 0 Å². The van der Waals surface area contributed by atoms with Crippen molar-refractivity contribution in [3.05, 3.63) is 40.3 Å². The Balaban J connectivity index is 0.000000339. The number of hydrogen-bond donors (Lipinski definition) is 2. The zero-order valence-corrected chi connectivity index (χ0v) is 17.7. The van der Waals surface area contributed by atoms with E-state index in [1.165, 1.54) is 36.4 Å². The third-order valence-corrected chi connectivity index (χ3v) is 6.27. The molecule has 0 aromatic carbocycles. The van der Waals surface area contributed by atoms with E-state index in [-0.39, 0.29) is 11.9 Å². The molecule has 2 N–H and O–H groups in total. The molecule has 1 amide bonds. The molecular weight excluding hydrogens is 433 g/mol. The number of hydrogen-bond acceptors (Lipinski definition) is 5. The fourth-order valence-electron chi connectivity index (χ4n) is 3.68. The summed E-state index contributed by atoms with van der Waals surface area (Å²) >= 11 is 1.68. The van der Waals surface area contributed by atoms with Gasteiger partial charge in [-0.3, -0.25) is 14.4 Å². The molecule has 1 unspecified atom stereocenters. The number of thiophene rings is 1. The standard InChI is InChI=1S/C18H24N4OS.C2HF3O2/c23-18(19-10-17-5-2-8-24-17)9-16-13-21(11-14-3-1-4-14)12-15-6-7-20-22(15)16;3-2(4,5)1(6)7/h2,5-8,14,16H,1,3-4,9-13H2,(H,19,23);(H,6,7). The molecule has 3 heterocycles. The molecule has 0 spiro atoms. The van der Waals surface area contributed by atoms with Crippen molar-refractivity contribution in [3.8, 4) is 0 Å². The first-order valence-corrected chi connectivity index (χ1v) is 10.9. The number of carboxylic acids is 1. The topological polar surface area (TPSA) is 87.5 Å². The Morgan fingerprint density at radius 2 is 2.03 bits per heavy atom. The smallest absolute Gasteiger partial charge is 0.475 e. The average molecular weight is 459 g/mol. The number of carbonyl (C=O) groups is 2. The predicted molar refractivity (Wildman–Crippen MR) is 108 cm³/mol. The minimum atomic E-state index is -5.08. The number of amides is 1. The minimum absolute atomic E-state index is 0.111. The summed E-state index contributed by atoms with van der Waals surface area (Å²) in [6.45, 7) is 3.68. The number of fused-ring (bicyclic) bond motifs is 1. The summed E-state index contributed by atoms with van der Waals surface area (Å²) in [7, 11) is 0. The molecule has 0 saturated heterocycles. The summed E-state index contributed by atoms with van der Waals surface area (Å²) in [4.78, 5) is 25.0. The van der Waals surface area contributed by atoms with E-state index in [1.807, 2.05) is 17.6 Å². The molecule has 2 aromatic rings. The van der Waals surface area contributed by atoms with E-state index in [0.717, 1.165) is 19.0 Å². The lowest BCUT2D eigenvalue weighted by Gasteiger charge is -2.38. The molecule has 170 valence electrons. The Bertz CT molecular complexity index is 865. The highest BCUT2D eigenvalue weighted by molar-refractivity contribution is 7.09. The van der Waals surface area contributed by atoms with Crippen LogP contribution in [-0.2, 0) is 22.7 Å². The Labute approximate surface area is 181 Å². The molecule has 2 aliphatic rings. The van der Waals surface area contributed by atoms with E-state index in [0.29, 0.717) is 13.0 Å². The van der Waals surface area contributed by atoms with Gasteiger partial charge in [-0.05, 0) is 36.3 Å². The summed E-state index contributed by atoms with van der Waals surface area (Å²) < 4.78 is 33.8. The molecule has 2 aromatic heterocycles. The van der Waals surface area contributed by atoms with Gasteiger partial charge in [0.1, 0.15) is 0 Å². The molecule has 4 rings (SSSR count). The number of aliphatic carboxylic acids is 1. The Hall–Kier alpha value is -2.40. The van der Waals surface area contributed by atoms with Crippen molar-refractivity contribution in [2.75, 3.05) is 13.1 Å². The van der Waals surface area contributed by atoms with Gasteiger partial charge < -0.3 is 10.4 Å². The van der Waals surface area contributed by atoms with Crippen molar-refractivity contribution in [1.82, 2.24) is 20.0 Å². The zero-order chi connectivity index (χ0) is 22.4. The molecule has 0 radical (unpaired) electrons. The molecule has 7 nitrogen and oxygen atoms in total. The van der Waals surface area contributed by atoms with E-state index in [4.69, 9.17) is 9.90 Å². The van der Waals surface area contributed by atoms with Gasteiger partial charge in [0.2, 0.25) is 5.91 Å². The van der Waals surface area contributed by atoms with Crippen LogP contribution in [0.25, 0.3) is 0 Å². The highest BCUT2D eigenvalue weighted by atomic mass is 32.1. The van der Waals surface area contributed by atoms with Crippen LogP contribution in [0, 0.1) is 5.92 Å². The van der Waals surface area contributed by atoms with Crippen molar-refractivity contribution in [1.29, 1.82) is 0 Å². The maximum Gasteiger partial charge on any atom is 0.490 e. The van der Waals surface area contributed by atoms with Crippen molar-refractivity contribution in [2.24, 2.45) is 5.92 Å². The number of rotatable bonds is 6. The number of aromatic nitrogens is 2. The highest BCUT2D eigenvalue weighted by Crippen LogP contribution is 2.30. The van der Waals surface area contributed by atoms with Crippen molar-refractivity contribution >= 4 is 23.2 Å². The molecule has 11 heteroatoms. The summed E-state index contributed by atoms with van der Waals surface area (Å²) in [5, 5.41) is 16.7. The largest absolute Gasteiger partial charge is 0.490 e. The fraction of sp³-hybridized carbons (Fsp3) is 0.550. The first-order valence-electron chi connectivity index (χ1n) is 10.1. The van der Waals surface area contributed by atoms with Crippen LogP contribution in [0.1, 0.15) is 42.3 Å². The Morgan fingerprint density at radius 1 is 1.29 bits per heavy atom. The first kappa shape index (κ1) is 23.3. The lowest BCUT2D eigenvalue weighted by molar-refractivity contribution is -0.192. The van der Waals surface area contributed by atoms with Gasteiger partial charge in [-0.2, -0.15) is 18.3 Å². The second-order valence-corrected chi connectivity index (χ2v) is 8.81. The van der Waals surface area contributed by atoms with E-state index in [1.54, 1.807) is 11.3 Å². The first-order chi connectivity index (χ1) is 14.7. The van der Waals surface area contributed by atoms with Gasteiger partial charge in [-0.15, -0.1) is 11.3 Å². The molecule has 1 atom stereocenters. The number of nitrogens with zero attached hydrogens (tertiary/aromatic N) is 3. The Kier molecular flexibility index (Phi) is 7.71. The fourth-order valence-corrected chi connectivity index (χ4v) is 4.32. The van der Waals surface area contributed by atoms with Gasteiger partial charge in [0.25, 0.3) is 0 Å². The monoisotopic (exact) mass is 458 g/mol. The molecule has 1 fully saturated rings. The lowest BCUT2D eigenvalue weighted by atomic mass is 9.85. The maximum absolute atomic E-state index is 12.4. The quantitative estimate of drug-likeness (QED) is 0.693. The third-order valence-electron chi connectivity index (χ3n) is 5.40. The lowest BCUT2D eigenvalue weighted by Crippen LogP contribution is -2.42. The third kappa shape index (κ3) is 6.79. The average Bonchev–Trinajstić information content (AvgIpc) is 3.34. The second kappa shape index (κ2) is 10.3. The number of alkyl halides is 3. The number of carboxylic acid groups (broad SMARTS) is 1. The van der Waals surface area contributed by atoms with Crippen LogP contribution < -0.4 is 5.32 Å². The number of carbonyl (C=O) groups excluding carboxylic acids is 1. The normalized spacial score (nSPS) is 19.0. The highest BCUT2D eigenvalue weighted by Gasteiger charge is 2.38. The minimum Gasteiger partial charge on any atom is -0.475 e. The van der Waals surface area contributed by atoms with Crippen LogP contribution in [0.4, 0.5) is 13.2 Å². The summed E-state index contributed by atoms with van der Waals surface area (Å²) in [5.74, 6) is -1.79. The van der Waals surface area contributed by atoms with Gasteiger partial charge in [-0.25, -0.2) is 4.79 Å². The van der Waals surface area contributed by atoms with Crippen molar-refractivity contribution in [2.45, 2.75) is 51.0 Å². The van der Waals surface area contributed by atoms with Gasteiger partial charge in [-0.1, -0.05) is 12.5 Å². The van der Waals surface area contributed by atoms with E-state index < -0.39 is 12.1 Å². The SMILES string of the molecule is O=C(CC1CN(CC2CCC2)Cc2ccnn21)NCc1cccs1.O=C(O)C(F)(F)F. The van der Waals surface area contributed by atoms with Crippen LogP contribution in [0.15, 0.2) is 29.8 Å². The van der Waals surface area contributed by atoms with Crippen LogP contribution in [-0.4, -0.2) is 50.9 Å². The summed E-state index contributed by atoms with van der Waals surface area (Å²) in [6, 6.07) is 6.30. The van der Waals surface area contributed by atoms with Gasteiger partial charge in [0.05, 0.1) is 24.7 Å². The van der Waals surface area contributed by atoms with E-state index in [9.17, 15) is 18.0 Å². The van der Waals surface area contributed by atoms with E-state index >= 15 is 0 Å². The zero-order valence-electron chi connectivity index (χ0n) is 16.8. The van der Waals surface area contributed by atoms with Crippen molar-refractivity contribution < 1.29 is 27.9 Å². The van der Waals surface area contributed by atoms with Crippen LogP contribution >= 0.6 is 11.3 Å². The van der Waals surface area contributed by atoms with Crippen molar-refractivity contribution in [3.63, 3.8) is 0 Å². The molecule has 1 aliphatic heterocycles. The number of halogens is 3. The molecule has 0 bridgehead atoms. The predicted octanol–water partition coefficient (Wildman–Crippen LogP) is 3.44. The maximum atomic E-state index is 12.4.